The third-order valence-electron chi connectivity index (χ3n) is 2.37. The topological polar surface area (TPSA) is 109 Å². The van der Waals surface area contributed by atoms with E-state index in [4.69, 9.17) is 10.9 Å². The molecule has 0 bridgehead atoms. The summed E-state index contributed by atoms with van der Waals surface area (Å²) >= 11 is 0. The van der Waals surface area contributed by atoms with Crippen molar-refractivity contribution in [3.8, 4) is 0 Å². The molecule has 1 rings (SSSR count). The highest BCUT2D eigenvalue weighted by Crippen LogP contribution is 2.14. The molecule has 0 fully saturated rings. The van der Waals surface area contributed by atoms with E-state index >= 15 is 0 Å². The zero-order valence-electron chi connectivity index (χ0n) is 10.0. The summed E-state index contributed by atoms with van der Waals surface area (Å²) in [5, 5.41) is 18.1. The van der Waals surface area contributed by atoms with Gasteiger partial charge in [0.15, 0.2) is 5.84 Å². The Bertz CT molecular complexity index is 439. The van der Waals surface area contributed by atoms with Crippen LogP contribution in [0.3, 0.4) is 0 Å². The Hall–Kier alpha value is -2.25. The van der Waals surface area contributed by atoms with Gasteiger partial charge in [0.25, 0.3) is 0 Å². The number of amides is 2. The van der Waals surface area contributed by atoms with Crippen LogP contribution in [0.2, 0.25) is 0 Å². The lowest BCUT2D eigenvalue weighted by Crippen LogP contribution is -2.32. The number of aryl methyl sites for hydroxylation is 1. The molecule has 0 spiro atoms. The van der Waals surface area contributed by atoms with Crippen LogP contribution in [0.5, 0.6) is 0 Å². The van der Waals surface area contributed by atoms with Gasteiger partial charge in [0.2, 0.25) is 0 Å². The second-order valence-electron chi connectivity index (χ2n) is 3.46. The average Bonchev–Trinajstić information content (AvgIpc) is 2.69. The predicted octanol–water partition coefficient (Wildman–Crippen LogP) is -0.00180. The Balaban J connectivity index is 2.98. The normalized spacial score (nSPS) is 11.4. The van der Waals surface area contributed by atoms with Crippen LogP contribution in [0.15, 0.2) is 11.4 Å². The van der Waals surface area contributed by atoms with Crippen LogP contribution in [-0.2, 0) is 7.05 Å². The van der Waals surface area contributed by atoms with Gasteiger partial charge in [-0.3, -0.25) is 10.00 Å². The molecular weight excluding hydrogens is 224 g/mol. The first kappa shape index (κ1) is 12.8. The molecular formula is C9H16N6O2. The molecule has 0 saturated heterocycles. The molecule has 1 aromatic heterocycles. The van der Waals surface area contributed by atoms with Crippen molar-refractivity contribution in [2.45, 2.75) is 6.92 Å². The number of carbonyl (C=O) groups is 1. The fraction of sp³-hybridized carbons (Fsp3) is 0.444. The van der Waals surface area contributed by atoms with Gasteiger partial charge in [0.05, 0.1) is 11.8 Å². The Morgan fingerprint density at radius 1 is 1.76 bits per heavy atom. The summed E-state index contributed by atoms with van der Waals surface area (Å²) in [5.74, 6) is 0.276. The molecule has 0 aliphatic carbocycles. The highest BCUT2D eigenvalue weighted by Gasteiger charge is 2.16. The summed E-state index contributed by atoms with van der Waals surface area (Å²) < 4.78 is 1.44. The van der Waals surface area contributed by atoms with E-state index in [-0.39, 0.29) is 11.9 Å². The van der Waals surface area contributed by atoms with Crippen molar-refractivity contribution in [3.05, 3.63) is 11.8 Å². The Kier molecular flexibility index (Phi) is 3.91. The maximum absolute atomic E-state index is 11.7. The van der Waals surface area contributed by atoms with Crippen LogP contribution in [-0.4, -0.2) is 45.3 Å². The minimum atomic E-state index is -0.289. The third-order valence-corrected chi connectivity index (χ3v) is 2.37. The van der Waals surface area contributed by atoms with Gasteiger partial charge in [-0.25, -0.2) is 4.79 Å². The van der Waals surface area contributed by atoms with Crippen LogP contribution in [0.25, 0.3) is 0 Å². The van der Waals surface area contributed by atoms with Crippen molar-refractivity contribution in [1.29, 1.82) is 0 Å². The van der Waals surface area contributed by atoms with Gasteiger partial charge in [-0.2, -0.15) is 5.10 Å². The molecule has 0 unspecified atom stereocenters. The number of nitrogens with zero attached hydrogens (tertiary/aromatic N) is 4. The summed E-state index contributed by atoms with van der Waals surface area (Å²) in [6, 6.07) is -0.289. The van der Waals surface area contributed by atoms with E-state index in [2.05, 4.69) is 15.6 Å². The summed E-state index contributed by atoms with van der Waals surface area (Å²) in [5.41, 5.74) is 5.84. The zero-order chi connectivity index (χ0) is 13.0. The SMILES string of the molecule is CCN(C)C(=O)Nc1c(C(N)=NO)cnn1C. The predicted molar refractivity (Wildman–Crippen MR) is 63.0 cm³/mol. The van der Waals surface area contributed by atoms with Crippen LogP contribution in [0.4, 0.5) is 10.6 Å². The second kappa shape index (κ2) is 5.19. The van der Waals surface area contributed by atoms with Crippen LogP contribution < -0.4 is 11.1 Å². The number of aromatic nitrogens is 2. The van der Waals surface area contributed by atoms with Crippen LogP contribution >= 0.6 is 0 Å². The van der Waals surface area contributed by atoms with E-state index in [9.17, 15) is 4.79 Å². The van der Waals surface area contributed by atoms with Crippen LogP contribution in [0, 0.1) is 0 Å². The van der Waals surface area contributed by atoms with Crippen LogP contribution in [0.1, 0.15) is 12.5 Å². The molecule has 1 heterocycles. The van der Waals surface area contributed by atoms with Gasteiger partial charge in [-0.05, 0) is 6.92 Å². The number of nitrogens with two attached hydrogens (primary N) is 1. The lowest BCUT2D eigenvalue weighted by atomic mass is 10.3. The molecule has 94 valence electrons. The molecule has 1 aromatic rings. The van der Waals surface area contributed by atoms with Gasteiger partial charge >= 0.3 is 6.03 Å². The van der Waals surface area contributed by atoms with E-state index in [1.807, 2.05) is 6.92 Å². The minimum Gasteiger partial charge on any atom is -0.409 e. The summed E-state index contributed by atoms with van der Waals surface area (Å²) in [4.78, 5) is 13.2. The lowest BCUT2D eigenvalue weighted by molar-refractivity contribution is 0.224. The van der Waals surface area contributed by atoms with Crippen molar-refractivity contribution in [2.75, 3.05) is 18.9 Å². The summed E-state index contributed by atoms with van der Waals surface area (Å²) in [7, 11) is 3.31. The zero-order valence-corrected chi connectivity index (χ0v) is 10.0. The summed E-state index contributed by atoms with van der Waals surface area (Å²) in [6.45, 7) is 2.43. The fourth-order valence-electron chi connectivity index (χ4n) is 1.17. The van der Waals surface area contributed by atoms with Gasteiger partial charge in [-0.15, -0.1) is 0 Å². The monoisotopic (exact) mass is 240 g/mol. The number of rotatable bonds is 3. The number of oxime groups is 1. The minimum absolute atomic E-state index is 0.104. The highest BCUT2D eigenvalue weighted by atomic mass is 16.4. The molecule has 0 aliphatic heterocycles. The van der Waals surface area contributed by atoms with Gasteiger partial charge in [-0.1, -0.05) is 5.16 Å². The molecule has 2 amide bonds. The van der Waals surface area contributed by atoms with Gasteiger partial charge in [0.1, 0.15) is 5.82 Å². The number of urea groups is 1. The molecule has 0 saturated carbocycles. The number of amidine groups is 1. The van der Waals surface area contributed by atoms with Crippen molar-refractivity contribution in [3.63, 3.8) is 0 Å². The molecule has 4 N–H and O–H groups in total. The van der Waals surface area contributed by atoms with Crippen molar-refractivity contribution in [1.82, 2.24) is 14.7 Å². The molecule has 0 aromatic carbocycles. The first-order chi connectivity index (χ1) is 8.01. The number of anilines is 1. The van der Waals surface area contributed by atoms with Gasteiger partial charge < -0.3 is 15.8 Å². The van der Waals surface area contributed by atoms with E-state index in [1.54, 1.807) is 14.1 Å². The molecule has 0 radical (unpaired) electrons. The number of nitrogens with one attached hydrogen (secondary N) is 1. The van der Waals surface area contributed by atoms with E-state index in [1.165, 1.54) is 15.8 Å². The first-order valence-electron chi connectivity index (χ1n) is 5.03. The second-order valence-corrected chi connectivity index (χ2v) is 3.46. The average molecular weight is 240 g/mol. The Morgan fingerprint density at radius 3 is 2.94 bits per heavy atom. The van der Waals surface area contributed by atoms with E-state index < -0.39 is 0 Å². The molecule has 8 nitrogen and oxygen atoms in total. The first-order valence-corrected chi connectivity index (χ1v) is 5.03. The smallest absolute Gasteiger partial charge is 0.322 e. The fourth-order valence-corrected chi connectivity index (χ4v) is 1.17. The Morgan fingerprint density at radius 2 is 2.41 bits per heavy atom. The largest absolute Gasteiger partial charge is 0.409 e. The van der Waals surface area contributed by atoms with Gasteiger partial charge in [0, 0.05) is 20.6 Å². The number of carbonyl (C=O) groups excluding carboxylic acids is 1. The molecule has 17 heavy (non-hydrogen) atoms. The third kappa shape index (κ3) is 2.65. The van der Waals surface area contributed by atoms with Crippen molar-refractivity contribution >= 4 is 17.7 Å². The maximum Gasteiger partial charge on any atom is 0.322 e. The molecule has 0 aliphatic rings. The Labute approximate surface area is 98.7 Å². The van der Waals surface area contributed by atoms with E-state index in [0.717, 1.165) is 0 Å². The lowest BCUT2D eigenvalue weighted by Gasteiger charge is -2.16. The number of hydrogen-bond donors (Lipinski definition) is 3. The maximum atomic E-state index is 11.7. The van der Waals surface area contributed by atoms with Crippen molar-refractivity contribution in [2.24, 2.45) is 17.9 Å². The van der Waals surface area contributed by atoms with E-state index in [0.29, 0.717) is 17.9 Å². The molecule has 8 heteroatoms. The van der Waals surface area contributed by atoms with Crippen molar-refractivity contribution < 1.29 is 10.0 Å². The summed E-state index contributed by atoms with van der Waals surface area (Å²) in [6.07, 6.45) is 1.41. The standard InChI is InChI=1S/C9H16N6O2/c1-4-14(2)9(16)12-8-6(7(10)13-17)5-11-15(8)3/h5,17H,4H2,1-3H3,(H2,10,13)(H,12,16). The quantitative estimate of drug-likeness (QED) is 0.299. The highest BCUT2D eigenvalue weighted by molar-refractivity contribution is 6.04. The number of hydrogen-bond acceptors (Lipinski definition) is 4. The molecule has 0 atom stereocenters.